The molecule has 0 bridgehead atoms. The van der Waals surface area contributed by atoms with Crippen molar-refractivity contribution in [3.63, 3.8) is 0 Å². The fraction of sp³-hybridized carbons (Fsp3) is 0.400. The van der Waals surface area contributed by atoms with Gasteiger partial charge in [-0.1, -0.05) is 35.0 Å². The van der Waals surface area contributed by atoms with Gasteiger partial charge in [-0.05, 0) is 31.4 Å². The van der Waals surface area contributed by atoms with Gasteiger partial charge in [0.2, 0.25) is 10.0 Å². The summed E-state index contributed by atoms with van der Waals surface area (Å²) in [5.41, 5.74) is 1.37. The molecule has 0 aliphatic carbocycles. The molecule has 0 radical (unpaired) electrons. The third kappa shape index (κ3) is 3.04. The fourth-order valence-corrected chi connectivity index (χ4v) is 4.89. The van der Waals surface area contributed by atoms with Crippen molar-refractivity contribution in [3.05, 3.63) is 52.4 Å². The molecule has 22 heavy (non-hydrogen) atoms. The summed E-state index contributed by atoms with van der Waals surface area (Å²) < 4.78 is 32.3. The van der Waals surface area contributed by atoms with E-state index in [0.29, 0.717) is 22.9 Å². The van der Waals surface area contributed by atoms with Gasteiger partial charge in [0.15, 0.2) is 5.76 Å². The van der Waals surface area contributed by atoms with Gasteiger partial charge in [-0.15, -0.1) is 0 Å². The predicted molar refractivity (Wildman–Crippen MR) is 84.0 cm³/mol. The van der Waals surface area contributed by atoms with Crippen molar-refractivity contribution in [2.24, 2.45) is 0 Å². The molecule has 0 amide bonds. The summed E-state index contributed by atoms with van der Waals surface area (Å²) in [6, 6.07) is 8.55. The zero-order valence-electron chi connectivity index (χ0n) is 12.2. The van der Waals surface area contributed by atoms with E-state index in [4.69, 9.17) is 16.1 Å². The van der Waals surface area contributed by atoms with Gasteiger partial charge in [0.25, 0.3) is 0 Å². The second-order valence-corrected chi connectivity index (χ2v) is 7.82. The van der Waals surface area contributed by atoms with E-state index in [9.17, 15) is 8.42 Å². The fourth-order valence-electron chi connectivity index (χ4n) is 2.79. The molecule has 1 saturated heterocycles. The van der Waals surface area contributed by atoms with Crippen LogP contribution in [-0.4, -0.2) is 24.4 Å². The zero-order chi connectivity index (χ0) is 15.7. The average molecular weight is 341 g/mol. The number of aromatic nitrogens is 1. The van der Waals surface area contributed by atoms with Crippen LogP contribution >= 0.6 is 11.6 Å². The highest BCUT2D eigenvalue weighted by atomic mass is 35.5. The first-order valence-corrected chi connectivity index (χ1v) is 9.12. The van der Waals surface area contributed by atoms with E-state index in [1.807, 2.05) is 6.92 Å². The van der Waals surface area contributed by atoms with E-state index < -0.39 is 10.0 Å². The van der Waals surface area contributed by atoms with Crippen molar-refractivity contribution in [3.8, 4) is 0 Å². The lowest BCUT2D eigenvalue weighted by Crippen LogP contribution is -2.31. The highest BCUT2D eigenvalue weighted by Gasteiger charge is 2.37. The monoisotopic (exact) mass is 340 g/mol. The van der Waals surface area contributed by atoms with E-state index in [1.54, 1.807) is 30.3 Å². The molecule has 1 fully saturated rings. The van der Waals surface area contributed by atoms with Crippen molar-refractivity contribution in [2.45, 2.75) is 31.6 Å². The summed E-state index contributed by atoms with van der Waals surface area (Å²) in [4.78, 5) is 0. The van der Waals surface area contributed by atoms with E-state index >= 15 is 0 Å². The molecule has 7 heteroatoms. The molecule has 5 nitrogen and oxygen atoms in total. The Balaban J connectivity index is 1.86. The normalized spacial score (nSPS) is 19.6. The largest absolute Gasteiger partial charge is 0.359 e. The van der Waals surface area contributed by atoms with E-state index in [-0.39, 0.29) is 11.8 Å². The summed E-state index contributed by atoms with van der Waals surface area (Å²) in [5.74, 6) is 0.508. The quantitative estimate of drug-likeness (QED) is 0.856. The SMILES string of the molecule is Cc1cc([C@@H]2CCCN2S(=O)(=O)Cc2ccccc2Cl)on1. The Morgan fingerprint density at radius 3 is 2.86 bits per heavy atom. The Hall–Kier alpha value is -1.37. The van der Waals surface area contributed by atoms with Gasteiger partial charge in [-0.25, -0.2) is 8.42 Å². The van der Waals surface area contributed by atoms with Crippen molar-refractivity contribution in [1.29, 1.82) is 0 Å². The Kier molecular flexibility index (Phi) is 4.25. The first-order chi connectivity index (χ1) is 10.5. The molecule has 1 aliphatic rings. The number of nitrogens with zero attached hydrogens (tertiary/aromatic N) is 2. The van der Waals surface area contributed by atoms with Crippen LogP contribution in [-0.2, 0) is 15.8 Å². The van der Waals surface area contributed by atoms with Crippen LogP contribution in [0.5, 0.6) is 0 Å². The molecule has 3 rings (SSSR count). The van der Waals surface area contributed by atoms with Crippen LogP contribution in [0.4, 0.5) is 0 Å². The maximum atomic E-state index is 12.8. The first kappa shape index (κ1) is 15.5. The van der Waals surface area contributed by atoms with Gasteiger partial charge < -0.3 is 4.52 Å². The van der Waals surface area contributed by atoms with Crippen molar-refractivity contribution in [2.75, 3.05) is 6.54 Å². The van der Waals surface area contributed by atoms with Gasteiger partial charge in [0.1, 0.15) is 0 Å². The first-order valence-electron chi connectivity index (χ1n) is 7.13. The second-order valence-electron chi connectivity index (χ2n) is 5.49. The van der Waals surface area contributed by atoms with Crippen LogP contribution in [0, 0.1) is 6.92 Å². The van der Waals surface area contributed by atoms with Gasteiger partial charge in [0, 0.05) is 17.6 Å². The number of hydrogen-bond acceptors (Lipinski definition) is 4. The van der Waals surface area contributed by atoms with Gasteiger partial charge in [0.05, 0.1) is 17.5 Å². The molecule has 1 aromatic carbocycles. The minimum Gasteiger partial charge on any atom is -0.359 e. The molecule has 118 valence electrons. The Morgan fingerprint density at radius 2 is 2.18 bits per heavy atom. The van der Waals surface area contributed by atoms with Crippen molar-refractivity contribution < 1.29 is 12.9 Å². The number of halogens is 1. The maximum Gasteiger partial charge on any atom is 0.219 e. The van der Waals surface area contributed by atoms with Gasteiger partial charge >= 0.3 is 0 Å². The van der Waals surface area contributed by atoms with Gasteiger partial charge in [-0.2, -0.15) is 4.31 Å². The molecule has 0 N–H and O–H groups in total. The van der Waals surface area contributed by atoms with Crippen molar-refractivity contribution >= 4 is 21.6 Å². The van der Waals surface area contributed by atoms with E-state index in [2.05, 4.69) is 5.16 Å². The molecule has 1 aliphatic heterocycles. The van der Waals surface area contributed by atoms with Crippen LogP contribution in [0.25, 0.3) is 0 Å². The highest BCUT2D eigenvalue weighted by Crippen LogP contribution is 2.35. The number of aryl methyl sites for hydroxylation is 1. The smallest absolute Gasteiger partial charge is 0.219 e. The lowest BCUT2D eigenvalue weighted by Gasteiger charge is -2.22. The topological polar surface area (TPSA) is 63.4 Å². The summed E-state index contributed by atoms with van der Waals surface area (Å²) in [6.45, 7) is 2.32. The molecule has 1 aromatic heterocycles. The minimum absolute atomic E-state index is 0.101. The zero-order valence-corrected chi connectivity index (χ0v) is 13.8. The molecule has 0 spiro atoms. The average Bonchev–Trinajstić information content (AvgIpc) is 3.09. The summed E-state index contributed by atoms with van der Waals surface area (Å²) in [7, 11) is -3.46. The van der Waals surface area contributed by atoms with Crippen molar-refractivity contribution in [1.82, 2.24) is 9.46 Å². The van der Waals surface area contributed by atoms with Crippen LogP contribution in [0.2, 0.25) is 5.02 Å². The van der Waals surface area contributed by atoms with E-state index in [1.165, 1.54) is 4.31 Å². The molecular weight excluding hydrogens is 324 g/mol. The van der Waals surface area contributed by atoms with Crippen LogP contribution in [0.1, 0.15) is 35.9 Å². The third-order valence-electron chi connectivity index (χ3n) is 3.83. The summed E-state index contributed by atoms with van der Waals surface area (Å²) in [6.07, 6.45) is 1.56. The minimum atomic E-state index is -3.46. The van der Waals surface area contributed by atoms with Gasteiger partial charge in [-0.3, -0.25) is 0 Å². The molecule has 0 unspecified atom stereocenters. The van der Waals surface area contributed by atoms with Crippen LogP contribution in [0.3, 0.4) is 0 Å². The molecule has 2 aromatic rings. The number of sulfonamides is 1. The maximum absolute atomic E-state index is 12.8. The van der Waals surface area contributed by atoms with Crippen LogP contribution in [0.15, 0.2) is 34.9 Å². The molecular formula is C15H17ClN2O3S. The molecule has 2 heterocycles. The third-order valence-corrected chi connectivity index (χ3v) is 6.03. The molecule has 0 saturated carbocycles. The Morgan fingerprint density at radius 1 is 1.41 bits per heavy atom. The lowest BCUT2D eigenvalue weighted by atomic mass is 10.2. The highest BCUT2D eigenvalue weighted by molar-refractivity contribution is 7.88. The summed E-state index contributed by atoms with van der Waals surface area (Å²) >= 11 is 6.08. The molecule has 1 atom stereocenters. The number of benzene rings is 1. The summed E-state index contributed by atoms with van der Waals surface area (Å²) in [5, 5.41) is 4.33. The predicted octanol–water partition coefficient (Wildman–Crippen LogP) is 3.30. The Bertz CT molecular complexity index is 773. The Labute approximate surface area is 134 Å². The lowest BCUT2D eigenvalue weighted by molar-refractivity contribution is 0.297. The van der Waals surface area contributed by atoms with Crippen LogP contribution < -0.4 is 0 Å². The van der Waals surface area contributed by atoms with E-state index in [0.717, 1.165) is 18.5 Å². The number of hydrogen-bond donors (Lipinski definition) is 0. The second kappa shape index (κ2) is 6.02. The standard InChI is InChI=1S/C15H17ClN2O3S/c1-11-9-15(21-17-11)14-7-4-8-18(14)22(19,20)10-12-5-2-3-6-13(12)16/h2-3,5-6,9,14H,4,7-8,10H2,1H3/t14-/m0/s1. The number of rotatable bonds is 4.